The van der Waals surface area contributed by atoms with Crippen molar-refractivity contribution in [2.45, 2.75) is 49.8 Å². The molecule has 1 aliphatic carbocycles. The van der Waals surface area contributed by atoms with Crippen LogP contribution in [0.5, 0.6) is 0 Å². The molecule has 4 heteroatoms. The standard InChI is InChI=1S/C12H22N2OS/c1-11(2)9-14(6-7-16-11)10(15)8-12(13)4-3-5-12/h3-9,13H2,1-2H3. The van der Waals surface area contributed by atoms with E-state index >= 15 is 0 Å². The Labute approximate surface area is 102 Å². The molecule has 1 amide bonds. The molecule has 2 aliphatic rings. The first-order valence-corrected chi connectivity index (χ1v) is 7.10. The Kier molecular flexibility index (Phi) is 3.23. The molecule has 2 N–H and O–H groups in total. The van der Waals surface area contributed by atoms with E-state index in [0.29, 0.717) is 6.42 Å². The van der Waals surface area contributed by atoms with Gasteiger partial charge in [0.2, 0.25) is 5.91 Å². The van der Waals surface area contributed by atoms with E-state index < -0.39 is 0 Å². The average Bonchev–Trinajstić information content (AvgIpc) is 2.13. The molecule has 1 heterocycles. The van der Waals surface area contributed by atoms with Gasteiger partial charge in [-0.25, -0.2) is 0 Å². The average molecular weight is 242 g/mol. The highest BCUT2D eigenvalue weighted by Gasteiger charge is 2.37. The molecular formula is C12H22N2OS. The van der Waals surface area contributed by atoms with Crippen LogP contribution in [-0.2, 0) is 4.79 Å². The second kappa shape index (κ2) is 4.22. The zero-order valence-electron chi connectivity index (χ0n) is 10.3. The first-order valence-electron chi connectivity index (χ1n) is 6.11. The van der Waals surface area contributed by atoms with Gasteiger partial charge in [0.15, 0.2) is 0 Å². The van der Waals surface area contributed by atoms with E-state index in [1.165, 1.54) is 6.42 Å². The van der Waals surface area contributed by atoms with E-state index in [9.17, 15) is 4.79 Å². The molecule has 2 rings (SSSR count). The van der Waals surface area contributed by atoms with Crippen LogP contribution in [-0.4, -0.2) is 39.9 Å². The number of carbonyl (C=O) groups is 1. The first kappa shape index (κ1) is 12.2. The summed E-state index contributed by atoms with van der Waals surface area (Å²) in [6, 6.07) is 0. The minimum absolute atomic E-state index is 0.175. The molecule has 92 valence electrons. The van der Waals surface area contributed by atoms with Crippen LogP contribution in [0.4, 0.5) is 0 Å². The minimum Gasteiger partial charge on any atom is -0.340 e. The first-order chi connectivity index (χ1) is 7.40. The smallest absolute Gasteiger partial charge is 0.224 e. The maximum Gasteiger partial charge on any atom is 0.224 e. The molecule has 3 nitrogen and oxygen atoms in total. The molecule has 1 saturated carbocycles. The Bertz CT molecular complexity index is 287. The summed E-state index contributed by atoms with van der Waals surface area (Å²) < 4.78 is 0.204. The number of rotatable bonds is 2. The van der Waals surface area contributed by atoms with Crippen molar-refractivity contribution in [1.29, 1.82) is 0 Å². The minimum atomic E-state index is -0.175. The van der Waals surface area contributed by atoms with Crippen LogP contribution in [0.3, 0.4) is 0 Å². The SMILES string of the molecule is CC1(C)CN(C(=O)CC2(N)CCC2)CCS1. The predicted molar refractivity (Wildman–Crippen MR) is 68.5 cm³/mol. The van der Waals surface area contributed by atoms with Crippen LogP contribution in [0.25, 0.3) is 0 Å². The molecule has 2 fully saturated rings. The number of amides is 1. The van der Waals surface area contributed by atoms with Crippen molar-refractivity contribution in [3.63, 3.8) is 0 Å². The number of nitrogens with two attached hydrogens (primary N) is 1. The normalized spacial score (nSPS) is 27.3. The third-order valence-electron chi connectivity index (χ3n) is 3.63. The van der Waals surface area contributed by atoms with E-state index in [1.807, 2.05) is 16.7 Å². The van der Waals surface area contributed by atoms with Gasteiger partial charge in [0.05, 0.1) is 0 Å². The molecule has 0 radical (unpaired) electrons. The summed E-state index contributed by atoms with van der Waals surface area (Å²) in [5, 5.41) is 0. The van der Waals surface area contributed by atoms with Crippen LogP contribution >= 0.6 is 11.8 Å². The Morgan fingerprint density at radius 3 is 2.62 bits per heavy atom. The van der Waals surface area contributed by atoms with Gasteiger partial charge in [0.1, 0.15) is 0 Å². The van der Waals surface area contributed by atoms with Gasteiger partial charge in [0.25, 0.3) is 0 Å². The van der Waals surface area contributed by atoms with Gasteiger partial charge in [-0.05, 0) is 33.1 Å². The monoisotopic (exact) mass is 242 g/mol. The van der Waals surface area contributed by atoms with Crippen molar-refractivity contribution in [1.82, 2.24) is 4.90 Å². The van der Waals surface area contributed by atoms with Gasteiger partial charge in [-0.2, -0.15) is 11.8 Å². The fraction of sp³-hybridized carbons (Fsp3) is 0.917. The molecule has 0 aromatic carbocycles. The summed E-state index contributed by atoms with van der Waals surface area (Å²) in [5.41, 5.74) is 5.95. The second-order valence-corrected chi connectivity index (χ2v) is 7.62. The highest BCUT2D eigenvalue weighted by atomic mass is 32.2. The highest BCUT2D eigenvalue weighted by Crippen LogP contribution is 2.34. The summed E-state index contributed by atoms with van der Waals surface area (Å²) >= 11 is 1.95. The van der Waals surface area contributed by atoms with Crippen molar-refractivity contribution < 1.29 is 4.79 Å². The fourth-order valence-corrected chi connectivity index (χ4v) is 3.56. The highest BCUT2D eigenvalue weighted by molar-refractivity contribution is 8.00. The summed E-state index contributed by atoms with van der Waals surface area (Å²) in [4.78, 5) is 14.1. The molecule has 0 bridgehead atoms. The Morgan fingerprint density at radius 1 is 1.44 bits per heavy atom. The van der Waals surface area contributed by atoms with Crippen LogP contribution in [0.2, 0.25) is 0 Å². The van der Waals surface area contributed by atoms with E-state index in [-0.39, 0.29) is 16.2 Å². The number of hydrogen-bond donors (Lipinski definition) is 1. The largest absolute Gasteiger partial charge is 0.340 e. The molecule has 1 saturated heterocycles. The molecule has 0 aromatic rings. The van der Waals surface area contributed by atoms with E-state index in [1.54, 1.807) is 0 Å². The van der Waals surface area contributed by atoms with Crippen molar-refractivity contribution in [2.24, 2.45) is 5.73 Å². The molecule has 0 atom stereocenters. The number of thioether (sulfide) groups is 1. The zero-order valence-corrected chi connectivity index (χ0v) is 11.1. The van der Waals surface area contributed by atoms with Crippen molar-refractivity contribution in [3.05, 3.63) is 0 Å². The third kappa shape index (κ3) is 2.72. The Hall–Kier alpha value is -0.220. The summed E-state index contributed by atoms with van der Waals surface area (Å²) in [7, 11) is 0. The van der Waals surface area contributed by atoms with Crippen LogP contribution in [0.1, 0.15) is 39.5 Å². The van der Waals surface area contributed by atoms with Crippen molar-refractivity contribution in [3.8, 4) is 0 Å². The van der Waals surface area contributed by atoms with Crippen molar-refractivity contribution >= 4 is 17.7 Å². The zero-order chi connectivity index (χ0) is 11.8. The van der Waals surface area contributed by atoms with Gasteiger partial charge < -0.3 is 10.6 Å². The van der Waals surface area contributed by atoms with Crippen LogP contribution < -0.4 is 5.73 Å². The molecule has 0 unspecified atom stereocenters. The maximum absolute atomic E-state index is 12.1. The molecule has 16 heavy (non-hydrogen) atoms. The van der Waals surface area contributed by atoms with Crippen LogP contribution in [0.15, 0.2) is 0 Å². The lowest BCUT2D eigenvalue weighted by atomic mass is 9.75. The molecule has 0 aromatic heterocycles. The lowest BCUT2D eigenvalue weighted by Crippen LogP contribution is -2.53. The molecular weight excluding hydrogens is 220 g/mol. The van der Waals surface area contributed by atoms with Gasteiger partial charge in [-0.3, -0.25) is 4.79 Å². The lowest BCUT2D eigenvalue weighted by Gasteiger charge is -2.42. The Balaban J connectivity index is 1.89. The third-order valence-corrected chi connectivity index (χ3v) is 4.93. The van der Waals surface area contributed by atoms with Crippen LogP contribution in [0, 0.1) is 0 Å². The number of hydrogen-bond acceptors (Lipinski definition) is 3. The molecule has 1 aliphatic heterocycles. The lowest BCUT2D eigenvalue weighted by molar-refractivity contribution is -0.133. The van der Waals surface area contributed by atoms with Gasteiger partial charge in [-0.15, -0.1) is 0 Å². The van der Waals surface area contributed by atoms with E-state index in [0.717, 1.165) is 31.7 Å². The van der Waals surface area contributed by atoms with Crippen molar-refractivity contribution in [2.75, 3.05) is 18.8 Å². The number of carbonyl (C=O) groups excluding carboxylic acids is 1. The second-order valence-electron chi connectivity index (χ2n) is 5.82. The van der Waals surface area contributed by atoms with Gasteiger partial charge in [-0.1, -0.05) is 0 Å². The van der Waals surface area contributed by atoms with Gasteiger partial charge in [0, 0.05) is 35.5 Å². The predicted octanol–water partition coefficient (Wildman–Crippen LogP) is 1.61. The molecule has 0 spiro atoms. The summed E-state index contributed by atoms with van der Waals surface area (Å²) in [5.74, 6) is 1.31. The summed E-state index contributed by atoms with van der Waals surface area (Å²) in [6.07, 6.45) is 3.77. The van der Waals surface area contributed by atoms with E-state index in [2.05, 4.69) is 13.8 Å². The Morgan fingerprint density at radius 2 is 2.12 bits per heavy atom. The van der Waals surface area contributed by atoms with Gasteiger partial charge >= 0.3 is 0 Å². The van der Waals surface area contributed by atoms with E-state index in [4.69, 9.17) is 5.73 Å². The quantitative estimate of drug-likeness (QED) is 0.800. The summed E-state index contributed by atoms with van der Waals surface area (Å²) in [6.45, 7) is 6.17. The fourth-order valence-electron chi connectivity index (χ4n) is 2.45. The topological polar surface area (TPSA) is 46.3 Å². The maximum atomic E-state index is 12.1. The number of nitrogens with zero attached hydrogens (tertiary/aromatic N) is 1.